The van der Waals surface area contributed by atoms with Gasteiger partial charge in [0, 0.05) is 0 Å². The molecule has 1 heteroatoms. The van der Waals surface area contributed by atoms with Crippen LogP contribution in [0.1, 0.15) is 6.92 Å². The first-order valence-electron chi connectivity index (χ1n) is 4.91. The number of hydrogen-bond acceptors (Lipinski definition) is 0. The second-order valence-corrected chi connectivity index (χ2v) is 3.66. The molecule has 0 aliphatic carbocycles. The molecule has 1 aromatic rings. The van der Waals surface area contributed by atoms with Crippen LogP contribution in [0.15, 0.2) is 36.9 Å². The number of fused-ring (bicyclic) bond motifs is 1. The predicted molar refractivity (Wildman–Crippen MR) is 61.1 cm³/mol. The van der Waals surface area contributed by atoms with Crippen molar-refractivity contribution in [2.24, 2.45) is 5.92 Å². The molecular formula is C13H14N-. The maximum atomic E-state index is 4.49. The van der Waals surface area contributed by atoms with Crippen molar-refractivity contribution in [3.8, 4) is 0 Å². The third-order valence-corrected chi connectivity index (χ3v) is 2.60. The van der Waals surface area contributed by atoms with Crippen LogP contribution in [-0.4, -0.2) is 6.04 Å². The summed E-state index contributed by atoms with van der Waals surface area (Å²) in [5.74, 6) is 0.424. The fourth-order valence-corrected chi connectivity index (χ4v) is 1.74. The van der Waals surface area contributed by atoms with E-state index >= 15 is 0 Å². The first kappa shape index (κ1) is 9.07. The molecule has 0 radical (unpaired) electrons. The lowest BCUT2D eigenvalue weighted by Gasteiger charge is -2.29. The molecule has 2 atom stereocenters. The Hall–Kier alpha value is -1.50. The zero-order valence-electron chi connectivity index (χ0n) is 8.35. The van der Waals surface area contributed by atoms with Gasteiger partial charge in [-0.05, 0) is 16.4 Å². The highest BCUT2D eigenvalue weighted by atomic mass is 14.9. The molecule has 0 bridgehead atoms. The number of rotatable bonds is 1. The van der Waals surface area contributed by atoms with Crippen LogP contribution in [0.25, 0.3) is 17.6 Å². The van der Waals surface area contributed by atoms with Crippen molar-refractivity contribution in [2.45, 2.75) is 13.0 Å². The average Bonchev–Trinajstić information content (AvgIpc) is 2.36. The van der Waals surface area contributed by atoms with E-state index in [-0.39, 0.29) is 6.04 Å². The Kier molecular flexibility index (Phi) is 2.40. The van der Waals surface area contributed by atoms with Gasteiger partial charge >= 0.3 is 0 Å². The van der Waals surface area contributed by atoms with Crippen molar-refractivity contribution in [3.05, 3.63) is 52.7 Å². The topological polar surface area (TPSA) is 14.1 Å². The third-order valence-electron chi connectivity index (χ3n) is 2.60. The van der Waals surface area contributed by atoms with E-state index in [1.807, 2.05) is 18.3 Å². The highest BCUT2D eigenvalue weighted by Crippen LogP contribution is 2.16. The van der Waals surface area contributed by atoms with E-state index in [4.69, 9.17) is 0 Å². The van der Waals surface area contributed by atoms with Gasteiger partial charge in [-0.3, -0.25) is 0 Å². The monoisotopic (exact) mass is 184 g/mol. The molecule has 14 heavy (non-hydrogen) atoms. The first-order chi connectivity index (χ1) is 6.81. The molecule has 1 nitrogen and oxygen atoms in total. The van der Waals surface area contributed by atoms with Gasteiger partial charge in [-0.15, -0.1) is 12.7 Å². The molecule has 1 aliphatic rings. The largest absolute Gasteiger partial charge is 0.684 e. The van der Waals surface area contributed by atoms with Gasteiger partial charge in [0.05, 0.1) is 0 Å². The summed E-state index contributed by atoms with van der Waals surface area (Å²) in [5, 5.41) is 6.96. The third kappa shape index (κ3) is 1.58. The minimum absolute atomic E-state index is 0.211. The second kappa shape index (κ2) is 3.70. The smallest absolute Gasteiger partial charge is 0.0240 e. The summed E-state index contributed by atoms with van der Waals surface area (Å²) in [6, 6.07) is 8.53. The molecule has 0 amide bonds. The Labute approximate surface area is 84.5 Å². The maximum Gasteiger partial charge on any atom is -0.0240 e. The first-order valence-corrected chi connectivity index (χ1v) is 4.91. The minimum atomic E-state index is 0.211. The van der Waals surface area contributed by atoms with Crippen LogP contribution in [0.5, 0.6) is 0 Å². The zero-order chi connectivity index (χ0) is 9.97. The molecule has 0 saturated heterocycles. The predicted octanol–water partition coefficient (Wildman–Crippen LogP) is 1.78. The summed E-state index contributed by atoms with van der Waals surface area (Å²) in [5.41, 5.74) is 0. The van der Waals surface area contributed by atoms with Crippen LogP contribution in [0.4, 0.5) is 0 Å². The van der Waals surface area contributed by atoms with Gasteiger partial charge in [-0.2, -0.15) is 6.20 Å². The SMILES string of the molecule is C=CC1[N-]C=c2ccccc2=CC1C. The van der Waals surface area contributed by atoms with Gasteiger partial charge in [0.2, 0.25) is 0 Å². The lowest BCUT2D eigenvalue weighted by molar-refractivity contribution is 0.731. The summed E-state index contributed by atoms with van der Waals surface area (Å²) in [7, 11) is 0. The van der Waals surface area contributed by atoms with Crippen molar-refractivity contribution in [3.63, 3.8) is 0 Å². The Bertz CT molecular complexity index is 445. The number of nitrogens with zero attached hydrogens (tertiary/aromatic N) is 1. The standard InChI is InChI=1S/C13H14N/c1-3-13-10(2)8-11-6-4-5-7-12(11)9-14-13/h3-10,13H,1H2,2H3/q-1. The van der Waals surface area contributed by atoms with Gasteiger partial charge in [0.15, 0.2) is 0 Å². The quantitative estimate of drug-likeness (QED) is 0.591. The summed E-state index contributed by atoms with van der Waals surface area (Å²) >= 11 is 0. The molecule has 0 aromatic heterocycles. The van der Waals surface area contributed by atoms with Crippen molar-refractivity contribution in [1.82, 2.24) is 0 Å². The summed E-state index contributed by atoms with van der Waals surface area (Å²) in [6.45, 7) is 5.98. The minimum Gasteiger partial charge on any atom is -0.684 e. The lowest BCUT2D eigenvalue weighted by Crippen LogP contribution is -2.23. The Morgan fingerprint density at radius 2 is 2.00 bits per heavy atom. The van der Waals surface area contributed by atoms with E-state index in [2.05, 4.69) is 43.1 Å². The summed E-state index contributed by atoms with van der Waals surface area (Å²) in [4.78, 5) is 0. The van der Waals surface area contributed by atoms with E-state index < -0.39 is 0 Å². The fourth-order valence-electron chi connectivity index (χ4n) is 1.74. The van der Waals surface area contributed by atoms with Crippen molar-refractivity contribution in [2.75, 3.05) is 0 Å². The Morgan fingerprint density at radius 3 is 2.71 bits per heavy atom. The van der Waals surface area contributed by atoms with Gasteiger partial charge in [-0.25, -0.2) is 0 Å². The average molecular weight is 184 g/mol. The highest BCUT2D eigenvalue weighted by Gasteiger charge is 2.02. The van der Waals surface area contributed by atoms with Crippen LogP contribution < -0.4 is 10.4 Å². The summed E-state index contributed by atoms with van der Waals surface area (Å²) < 4.78 is 0. The lowest BCUT2D eigenvalue weighted by atomic mass is 10.0. The van der Waals surface area contributed by atoms with Crippen molar-refractivity contribution >= 4 is 12.3 Å². The molecule has 0 fully saturated rings. The summed E-state index contributed by atoms with van der Waals surface area (Å²) in [6.07, 6.45) is 6.11. The molecule has 0 spiro atoms. The molecule has 0 saturated carbocycles. The van der Waals surface area contributed by atoms with Crippen molar-refractivity contribution in [1.29, 1.82) is 0 Å². The van der Waals surface area contributed by atoms with E-state index in [0.717, 1.165) is 0 Å². The fraction of sp³-hybridized carbons (Fsp3) is 0.231. The molecule has 1 aliphatic heterocycles. The highest BCUT2D eigenvalue weighted by molar-refractivity contribution is 5.48. The van der Waals surface area contributed by atoms with E-state index in [1.54, 1.807) is 0 Å². The molecule has 1 heterocycles. The molecule has 1 aromatic carbocycles. The van der Waals surface area contributed by atoms with Gasteiger partial charge < -0.3 is 5.32 Å². The Morgan fingerprint density at radius 1 is 1.29 bits per heavy atom. The van der Waals surface area contributed by atoms with Crippen LogP contribution >= 0.6 is 0 Å². The number of hydrogen-bond donors (Lipinski definition) is 0. The number of benzene rings is 1. The van der Waals surface area contributed by atoms with Crippen LogP contribution in [-0.2, 0) is 0 Å². The molecule has 0 N–H and O–H groups in total. The molecular weight excluding hydrogens is 170 g/mol. The molecule has 72 valence electrons. The van der Waals surface area contributed by atoms with Crippen LogP contribution in [0, 0.1) is 5.92 Å². The normalized spacial score (nSPS) is 24.6. The molecule has 2 rings (SSSR count). The van der Waals surface area contributed by atoms with Gasteiger partial charge in [0.25, 0.3) is 0 Å². The van der Waals surface area contributed by atoms with Crippen molar-refractivity contribution < 1.29 is 0 Å². The van der Waals surface area contributed by atoms with Crippen LogP contribution in [0.3, 0.4) is 0 Å². The van der Waals surface area contributed by atoms with E-state index in [1.165, 1.54) is 10.4 Å². The van der Waals surface area contributed by atoms with Gasteiger partial charge in [0.1, 0.15) is 0 Å². The maximum absolute atomic E-state index is 4.49. The van der Waals surface area contributed by atoms with E-state index in [0.29, 0.717) is 5.92 Å². The van der Waals surface area contributed by atoms with E-state index in [9.17, 15) is 0 Å². The van der Waals surface area contributed by atoms with Crippen LogP contribution in [0.2, 0.25) is 0 Å². The zero-order valence-corrected chi connectivity index (χ0v) is 8.35. The Balaban J connectivity index is 2.58. The second-order valence-electron chi connectivity index (χ2n) is 3.66. The molecule has 2 unspecified atom stereocenters. The van der Waals surface area contributed by atoms with Gasteiger partial charge in [-0.1, -0.05) is 43.3 Å².